The van der Waals surface area contributed by atoms with Gasteiger partial charge in [-0.25, -0.2) is 0 Å². The lowest BCUT2D eigenvalue weighted by Gasteiger charge is -2.00. The third-order valence-electron chi connectivity index (χ3n) is 2.28. The van der Waals surface area contributed by atoms with E-state index in [1.54, 1.807) is 0 Å². The Kier molecular flexibility index (Phi) is 3.04. The first-order valence-electron chi connectivity index (χ1n) is 4.90. The van der Waals surface area contributed by atoms with Gasteiger partial charge in [0.15, 0.2) is 0 Å². The Bertz CT molecular complexity index is 724. The van der Waals surface area contributed by atoms with Gasteiger partial charge in [0.25, 0.3) is 5.69 Å². The smallest absolute Gasteiger partial charge is 0.358 e. The van der Waals surface area contributed by atoms with Gasteiger partial charge in [-0.1, -0.05) is 0 Å². The first-order chi connectivity index (χ1) is 9.40. The van der Waals surface area contributed by atoms with Crippen molar-refractivity contribution in [3.05, 3.63) is 54.7 Å². The van der Waals surface area contributed by atoms with E-state index in [9.17, 15) is 30.3 Å². The van der Waals surface area contributed by atoms with Crippen molar-refractivity contribution < 1.29 is 14.8 Å². The summed E-state index contributed by atoms with van der Waals surface area (Å²) in [7, 11) is 0. The molecule has 20 heavy (non-hydrogen) atoms. The molecule has 0 bridgehead atoms. The van der Waals surface area contributed by atoms with Gasteiger partial charge in [-0.2, -0.15) is 4.68 Å². The number of nitro benzene ring substituents is 2. The summed E-state index contributed by atoms with van der Waals surface area (Å²) in [5, 5.41) is 38.5. The molecule has 12 nitrogen and oxygen atoms in total. The molecular formula is C8H4N6O6. The van der Waals surface area contributed by atoms with Crippen LogP contribution in [-0.4, -0.2) is 29.8 Å². The Hall–Kier alpha value is -3.44. The molecule has 12 heteroatoms. The normalized spacial score (nSPS) is 10.2. The lowest BCUT2D eigenvalue weighted by atomic mass is 10.2. The molecule has 0 radical (unpaired) electrons. The van der Waals surface area contributed by atoms with E-state index in [0.717, 1.165) is 29.1 Å². The lowest BCUT2D eigenvalue weighted by Crippen LogP contribution is -2.02. The molecule has 2 aromatic rings. The van der Waals surface area contributed by atoms with E-state index >= 15 is 0 Å². The van der Waals surface area contributed by atoms with Crippen LogP contribution in [0.4, 0.5) is 17.2 Å². The number of aromatic nitrogens is 3. The molecular weight excluding hydrogens is 276 g/mol. The highest BCUT2D eigenvalue weighted by Gasteiger charge is 2.23. The summed E-state index contributed by atoms with van der Waals surface area (Å²) < 4.78 is 0.806. The zero-order chi connectivity index (χ0) is 14.9. The monoisotopic (exact) mass is 280 g/mol. The van der Waals surface area contributed by atoms with Crippen molar-refractivity contribution in [1.29, 1.82) is 0 Å². The maximum atomic E-state index is 10.9. The van der Waals surface area contributed by atoms with Crippen LogP contribution in [0.1, 0.15) is 0 Å². The minimum atomic E-state index is -0.851. The molecule has 1 aromatic carbocycles. The Morgan fingerprint density at radius 3 is 2.20 bits per heavy atom. The maximum Gasteiger partial charge on any atom is 0.411 e. The molecule has 0 saturated heterocycles. The third kappa shape index (κ3) is 2.24. The van der Waals surface area contributed by atoms with E-state index < -0.39 is 32.0 Å². The molecule has 0 atom stereocenters. The van der Waals surface area contributed by atoms with Gasteiger partial charge in [-0.3, -0.25) is 20.2 Å². The number of hydrogen-bond donors (Lipinski definition) is 0. The molecule has 0 amide bonds. The first-order valence-corrected chi connectivity index (χ1v) is 4.90. The Morgan fingerprint density at radius 2 is 1.70 bits per heavy atom. The molecule has 0 aliphatic heterocycles. The Morgan fingerprint density at radius 1 is 1.00 bits per heavy atom. The quantitative estimate of drug-likeness (QED) is 0.591. The topological polar surface area (TPSA) is 160 Å². The predicted molar refractivity (Wildman–Crippen MR) is 61.3 cm³/mol. The highest BCUT2D eigenvalue weighted by atomic mass is 16.6. The third-order valence-corrected chi connectivity index (χ3v) is 2.28. The van der Waals surface area contributed by atoms with Crippen molar-refractivity contribution in [2.75, 3.05) is 0 Å². The van der Waals surface area contributed by atoms with Gasteiger partial charge in [-0.15, -0.1) is 0 Å². The second-order valence-electron chi connectivity index (χ2n) is 3.47. The van der Waals surface area contributed by atoms with Crippen LogP contribution in [0.3, 0.4) is 0 Å². The molecule has 0 saturated carbocycles. The number of rotatable bonds is 4. The van der Waals surface area contributed by atoms with Crippen molar-refractivity contribution >= 4 is 17.2 Å². The van der Waals surface area contributed by atoms with Crippen molar-refractivity contribution in [3.63, 3.8) is 0 Å². The van der Waals surface area contributed by atoms with E-state index in [0.29, 0.717) is 0 Å². The predicted octanol–water partition coefficient (Wildman–Crippen LogP) is 0.992. The van der Waals surface area contributed by atoms with Crippen LogP contribution < -0.4 is 0 Å². The van der Waals surface area contributed by atoms with E-state index in [2.05, 4.69) is 10.3 Å². The van der Waals surface area contributed by atoms with Crippen molar-refractivity contribution in [2.45, 2.75) is 0 Å². The minimum absolute atomic E-state index is 0.166. The van der Waals surface area contributed by atoms with Crippen molar-refractivity contribution in [2.24, 2.45) is 0 Å². The Labute approximate surface area is 108 Å². The number of nitro groups is 3. The summed E-state index contributed by atoms with van der Waals surface area (Å²) in [6.45, 7) is 0. The second kappa shape index (κ2) is 4.68. The molecule has 0 fully saturated rings. The summed E-state index contributed by atoms with van der Waals surface area (Å²) in [5.41, 5.74) is -1.25. The van der Waals surface area contributed by atoms with Crippen LogP contribution in [0.5, 0.6) is 0 Å². The van der Waals surface area contributed by atoms with Gasteiger partial charge < -0.3 is 10.1 Å². The number of benzene rings is 1. The molecule has 0 unspecified atom stereocenters. The number of nitrogens with zero attached hydrogens (tertiary/aromatic N) is 6. The van der Waals surface area contributed by atoms with Gasteiger partial charge in [0.1, 0.15) is 17.0 Å². The number of hydrogen-bond acceptors (Lipinski definition) is 8. The van der Waals surface area contributed by atoms with Crippen molar-refractivity contribution in [3.8, 4) is 5.69 Å². The van der Waals surface area contributed by atoms with E-state index in [1.807, 2.05) is 0 Å². The molecule has 0 N–H and O–H groups in total. The second-order valence-corrected chi connectivity index (χ2v) is 3.47. The fourth-order valence-electron chi connectivity index (χ4n) is 1.42. The fourth-order valence-corrected chi connectivity index (χ4v) is 1.42. The van der Waals surface area contributed by atoms with E-state index in [4.69, 9.17) is 0 Å². The van der Waals surface area contributed by atoms with Gasteiger partial charge in [0.05, 0.1) is 21.1 Å². The summed E-state index contributed by atoms with van der Waals surface area (Å²) in [6.07, 6.45) is 0.869. The highest BCUT2D eigenvalue weighted by Crippen LogP contribution is 2.27. The van der Waals surface area contributed by atoms with Gasteiger partial charge >= 0.3 is 11.5 Å². The van der Waals surface area contributed by atoms with Gasteiger partial charge in [0, 0.05) is 6.07 Å². The first kappa shape index (κ1) is 13.0. The SMILES string of the molecule is O=[N+]([O-])c1ccc(-n2cc([N+](=O)[O-])nn2)c([N+](=O)[O-])c1. The van der Waals surface area contributed by atoms with Crippen LogP contribution in [0.2, 0.25) is 0 Å². The van der Waals surface area contributed by atoms with Crippen LogP contribution >= 0.6 is 0 Å². The minimum Gasteiger partial charge on any atom is -0.358 e. The highest BCUT2D eigenvalue weighted by molar-refractivity contribution is 5.57. The van der Waals surface area contributed by atoms with Crippen LogP contribution in [0.15, 0.2) is 24.4 Å². The van der Waals surface area contributed by atoms with Crippen LogP contribution in [0, 0.1) is 30.3 Å². The lowest BCUT2D eigenvalue weighted by molar-refractivity contribution is -0.394. The fraction of sp³-hybridized carbons (Fsp3) is 0. The van der Waals surface area contributed by atoms with Crippen LogP contribution in [0.25, 0.3) is 5.69 Å². The molecule has 1 heterocycles. The molecule has 0 aliphatic rings. The summed E-state index contributed by atoms with van der Waals surface area (Å²) in [4.78, 5) is 29.5. The largest absolute Gasteiger partial charge is 0.411 e. The van der Waals surface area contributed by atoms with Gasteiger partial charge in [0.2, 0.25) is 0 Å². The van der Waals surface area contributed by atoms with Crippen molar-refractivity contribution in [1.82, 2.24) is 15.0 Å². The zero-order valence-electron chi connectivity index (χ0n) is 9.44. The summed E-state index contributed by atoms with van der Waals surface area (Å²) in [6, 6.07) is 2.83. The molecule has 0 aliphatic carbocycles. The van der Waals surface area contributed by atoms with E-state index in [-0.39, 0.29) is 5.69 Å². The summed E-state index contributed by atoms with van der Waals surface area (Å²) >= 11 is 0. The standard InChI is InChI=1S/C8H4N6O6/c15-12(16)5-1-2-6(7(3-5)13(17)18)11-4-8(9-10-11)14(19)20/h1-4H. The average Bonchev–Trinajstić information content (AvgIpc) is 2.87. The molecule has 2 rings (SSSR count). The average molecular weight is 280 g/mol. The zero-order valence-corrected chi connectivity index (χ0v) is 9.44. The molecule has 102 valence electrons. The molecule has 1 aromatic heterocycles. The molecule has 0 spiro atoms. The Balaban J connectivity index is 2.57. The maximum absolute atomic E-state index is 10.9. The van der Waals surface area contributed by atoms with Crippen LogP contribution in [-0.2, 0) is 0 Å². The number of non-ortho nitro benzene ring substituents is 1. The summed E-state index contributed by atoms with van der Waals surface area (Å²) in [5.74, 6) is -0.599. The van der Waals surface area contributed by atoms with Gasteiger partial charge in [-0.05, 0) is 11.0 Å². The van der Waals surface area contributed by atoms with E-state index in [1.165, 1.54) is 0 Å².